The first-order valence-electron chi connectivity index (χ1n) is 13.8. The van der Waals surface area contributed by atoms with Gasteiger partial charge in [-0.1, -0.05) is 56.3 Å². The summed E-state index contributed by atoms with van der Waals surface area (Å²) in [5.41, 5.74) is 1.34. The van der Waals surface area contributed by atoms with Crippen LogP contribution in [0, 0.1) is 5.92 Å². The van der Waals surface area contributed by atoms with Crippen molar-refractivity contribution in [3.63, 3.8) is 0 Å². The van der Waals surface area contributed by atoms with E-state index in [-0.39, 0.29) is 18.8 Å². The molecule has 4 amide bonds. The maximum Gasteiger partial charge on any atom is 0.408 e. The second kappa shape index (κ2) is 17.5. The number of ketones is 1. The number of carbonyl (C=O) groups is 6. The van der Waals surface area contributed by atoms with Gasteiger partial charge in [-0.3, -0.25) is 24.0 Å². The predicted molar refractivity (Wildman–Crippen MR) is 160 cm³/mol. The Kier molecular flexibility index (Phi) is 14.1. The van der Waals surface area contributed by atoms with Crippen molar-refractivity contribution in [2.24, 2.45) is 5.92 Å². The Hall–Kier alpha value is -4.65. The Morgan fingerprint density at radius 1 is 0.773 bits per heavy atom. The van der Waals surface area contributed by atoms with Crippen molar-refractivity contribution in [3.05, 3.63) is 65.7 Å². The van der Waals surface area contributed by atoms with Crippen LogP contribution in [0.15, 0.2) is 54.6 Å². The average Bonchev–Trinajstić information content (AvgIpc) is 2.98. The third kappa shape index (κ3) is 11.9. The summed E-state index contributed by atoms with van der Waals surface area (Å²) in [6, 6.07) is 9.99. The summed E-state index contributed by atoms with van der Waals surface area (Å²) in [7, 11) is 0. The summed E-state index contributed by atoms with van der Waals surface area (Å²) in [6.07, 6.45) is -1.56. The fourth-order valence-electron chi connectivity index (χ4n) is 3.95. The predicted octanol–water partition coefficient (Wildman–Crippen LogP) is 1.64. The number of nitrogens with one attached hydrogen (secondary N) is 4. The van der Waals surface area contributed by atoms with Gasteiger partial charge in [-0.15, -0.1) is 11.6 Å². The van der Waals surface area contributed by atoms with E-state index in [2.05, 4.69) is 21.3 Å². The maximum atomic E-state index is 13.4. The van der Waals surface area contributed by atoms with Crippen molar-refractivity contribution in [2.75, 3.05) is 5.88 Å². The molecule has 0 saturated heterocycles. The van der Waals surface area contributed by atoms with Crippen LogP contribution in [-0.2, 0) is 41.7 Å². The molecule has 2 rings (SSSR count). The van der Waals surface area contributed by atoms with E-state index < -0.39 is 78.0 Å². The molecule has 0 aliphatic carbocycles. The van der Waals surface area contributed by atoms with Gasteiger partial charge in [0.25, 0.3) is 0 Å². The number of Topliss-reactive ketones (excluding diaryl/α,β-unsaturated/α-hetero) is 1. The number of carboxylic acids is 1. The number of hydrogen-bond donors (Lipinski definition) is 6. The van der Waals surface area contributed by atoms with Crippen molar-refractivity contribution in [1.29, 1.82) is 0 Å². The highest BCUT2D eigenvalue weighted by Crippen LogP contribution is 2.13. The van der Waals surface area contributed by atoms with Crippen LogP contribution in [-0.4, -0.2) is 75.8 Å². The number of halogens is 1. The minimum Gasteiger partial charge on any atom is -0.508 e. The van der Waals surface area contributed by atoms with Gasteiger partial charge >= 0.3 is 12.1 Å². The number of carboxylic acid groups (broad SMARTS) is 1. The highest BCUT2D eigenvalue weighted by molar-refractivity contribution is 6.28. The van der Waals surface area contributed by atoms with Crippen LogP contribution in [0.25, 0.3) is 0 Å². The second-order valence-corrected chi connectivity index (χ2v) is 10.6. The number of hydrogen-bond acceptors (Lipinski definition) is 8. The fraction of sp³-hybridized carbons (Fsp3) is 0.400. The summed E-state index contributed by atoms with van der Waals surface area (Å²) in [5, 5.41) is 28.5. The van der Waals surface area contributed by atoms with Gasteiger partial charge in [0.15, 0.2) is 5.78 Å². The number of alkyl carbamates (subject to hydrolysis) is 1. The van der Waals surface area contributed by atoms with Gasteiger partial charge in [-0.2, -0.15) is 0 Å². The zero-order chi connectivity index (χ0) is 32.8. The molecule has 0 fully saturated rings. The lowest BCUT2D eigenvalue weighted by Gasteiger charge is -2.27. The van der Waals surface area contributed by atoms with E-state index in [1.54, 1.807) is 50.2 Å². The molecule has 2 aromatic carbocycles. The molecule has 0 radical (unpaired) electrons. The van der Waals surface area contributed by atoms with Gasteiger partial charge in [-0.25, -0.2) is 4.79 Å². The summed E-state index contributed by atoms with van der Waals surface area (Å²) in [6.45, 7) is 4.61. The summed E-state index contributed by atoms with van der Waals surface area (Å²) in [4.78, 5) is 74.9. The molecule has 14 heteroatoms. The summed E-state index contributed by atoms with van der Waals surface area (Å²) in [5.74, 6) is -5.27. The van der Waals surface area contributed by atoms with Gasteiger partial charge < -0.3 is 36.2 Å². The molecular formula is C30H37ClN4O9. The van der Waals surface area contributed by atoms with Crippen LogP contribution >= 0.6 is 11.6 Å². The van der Waals surface area contributed by atoms with E-state index in [9.17, 15) is 33.9 Å². The largest absolute Gasteiger partial charge is 0.508 e. The highest BCUT2D eigenvalue weighted by atomic mass is 35.5. The number of phenolic OH excluding ortho intramolecular Hbond substituents is 1. The number of ether oxygens (including phenoxy) is 1. The molecule has 2 aromatic rings. The normalized spacial score (nSPS) is 13.5. The first kappa shape index (κ1) is 35.5. The second-order valence-electron chi connectivity index (χ2n) is 10.3. The molecule has 44 heavy (non-hydrogen) atoms. The van der Waals surface area contributed by atoms with Crippen molar-refractivity contribution >= 4 is 47.2 Å². The van der Waals surface area contributed by atoms with E-state index in [0.717, 1.165) is 5.56 Å². The number of alkyl halides is 1. The molecule has 0 bridgehead atoms. The summed E-state index contributed by atoms with van der Waals surface area (Å²) < 4.78 is 5.26. The molecular weight excluding hydrogens is 596 g/mol. The molecule has 0 heterocycles. The first-order valence-corrected chi connectivity index (χ1v) is 14.3. The Bertz CT molecular complexity index is 1310. The Balaban J connectivity index is 2.13. The van der Waals surface area contributed by atoms with E-state index in [1.807, 2.05) is 6.07 Å². The van der Waals surface area contributed by atoms with Gasteiger partial charge in [0.2, 0.25) is 17.7 Å². The van der Waals surface area contributed by atoms with Gasteiger partial charge in [0.05, 0.1) is 18.3 Å². The standard InChI is InChI=1S/C30H37ClN4O9/c1-17(2)26(29(42)32-18(3)27(40)33-22(14-25(38)39)24(37)15-31)35-28(41)23(13-19-9-11-21(36)12-10-19)34-30(43)44-16-20-7-5-4-6-8-20/h4-12,17-18,22-23,26,36H,13-16H2,1-3H3,(H,32,42)(H,33,40)(H,34,43)(H,35,41)(H,38,39)/t18-,22-,23-,26-/m0/s1. The number of phenols is 1. The Labute approximate surface area is 259 Å². The molecule has 0 saturated carbocycles. The SMILES string of the molecule is CC(C)[C@H](NC(=O)[C@H](Cc1ccc(O)cc1)NC(=O)OCc1ccccc1)C(=O)N[C@@H](C)C(=O)N[C@@H](CC(=O)O)C(=O)CCl. The van der Waals surface area contributed by atoms with Crippen LogP contribution < -0.4 is 21.3 Å². The number of aromatic hydroxyl groups is 1. The lowest BCUT2D eigenvalue weighted by Crippen LogP contribution is -2.58. The number of benzene rings is 2. The lowest BCUT2D eigenvalue weighted by molar-refractivity contribution is -0.140. The Morgan fingerprint density at radius 3 is 1.98 bits per heavy atom. The lowest BCUT2D eigenvalue weighted by atomic mass is 10.0. The third-order valence-electron chi connectivity index (χ3n) is 6.41. The van der Waals surface area contributed by atoms with Crippen molar-refractivity contribution in [2.45, 2.75) is 64.4 Å². The van der Waals surface area contributed by atoms with Crippen LogP contribution in [0.4, 0.5) is 4.79 Å². The number of aliphatic carboxylic acids is 1. The molecule has 0 aliphatic rings. The zero-order valence-corrected chi connectivity index (χ0v) is 25.3. The molecule has 6 N–H and O–H groups in total. The van der Waals surface area contributed by atoms with Crippen LogP contribution in [0.3, 0.4) is 0 Å². The van der Waals surface area contributed by atoms with Crippen molar-refractivity contribution in [1.82, 2.24) is 21.3 Å². The topological polar surface area (TPSA) is 200 Å². The quantitative estimate of drug-likeness (QED) is 0.149. The number of rotatable bonds is 16. The number of amides is 4. The minimum absolute atomic E-state index is 0.00262. The van der Waals surface area contributed by atoms with Crippen molar-refractivity contribution < 1.29 is 43.7 Å². The molecule has 0 spiro atoms. The fourth-order valence-corrected chi connectivity index (χ4v) is 4.14. The molecule has 0 aromatic heterocycles. The maximum absolute atomic E-state index is 13.4. The molecule has 13 nitrogen and oxygen atoms in total. The van der Waals surface area contributed by atoms with E-state index in [4.69, 9.17) is 21.4 Å². The molecule has 4 atom stereocenters. The van der Waals surface area contributed by atoms with Gasteiger partial charge in [0.1, 0.15) is 30.5 Å². The minimum atomic E-state index is -1.38. The van der Waals surface area contributed by atoms with E-state index in [0.29, 0.717) is 5.56 Å². The molecule has 238 valence electrons. The zero-order valence-electron chi connectivity index (χ0n) is 24.5. The Morgan fingerprint density at radius 2 is 1.41 bits per heavy atom. The van der Waals surface area contributed by atoms with Crippen LogP contribution in [0.2, 0.25) is 0 Å². The third-order valence-corrected chi connectivity index (χ3v) is 6.68. The summed E-state index contributed by atoms with van der Waals surface area (Å²) >= 11 is 5.51. The van der Waals surface area contributed by atoms with Crippen molar-refractivity contribution in [3.8, 4) is 5.75 Å². The van der Waals surface area contributed by atoms with Gasteiger partial charge in [-0.05, 0) is 36.1 Å². The van der Waals surface area contributed by atoms with Crippen LogP contribution in [0.1, 0.15) is 38.3 Å². The van der Waals surface area contributed by atoms with E-state index >= 15 is 0 Å². The van der Waals surface area contributed by atoms with Crippen LogP contribution in [0.5, 0.6) is 5.75 Å². The molecule has 0 aliphatic heterocycles. The van der Waals surface area contributed by atoms with E-state index in [1.165, 1.54) is 19.1 Å². The highest BCUT2D eigenvalue weighted by Gasteiger charge is 2.32. The number of carbonyl (C=O) groups excluding carboxylic acids is 5. The monoisotopic (exact) mass is 632 g/mol. The molecule has 0 unspecified atom stereocenters. The first-order chi connectivity index (χ1) is 20.8. The van der Waals surface area contributed by atoms with Gasteiger partial charge in [0, 0.05) is 6.42 Å². The smallest absolute Gasteiger partial charge is 0.408 e. The average molecular weight is 633 g/mol.